The summed E-state index contributed by atoms with van der Waals surface area (Å²) < 4.78 is 5.62. The van der Waals surface area contributed by atoms with Crippen molar-refractivity contribution >= 4 is 10.9 Å². The molecule has 156 valence electrons. The van der Waals surface area contributed by atoms with Gasteiger partial charge in [0.1, 0.15) is 5.75 Å². The van der Waals surface area contributed by atoms with Gasteiger partial charge in [0.05, 0.1) is 7.11 Å². The molecule has 0 amide bonds. The normalized spacial score (nSPS) is 26.4. The molecule has 3 aromatic rings. The fourth-order valence-electron chi connectivity index (χ4n) is 6.30. The first-order valence-corrected chi connectivity index (χ1v) is 11.6. The van der Waals surface area contributed by atoms with E-state index in [-0.39, 0.29) is 5.41 Å². The lowest BCUT2D eigenvalue weighted by molar-refractivity contribution is 0.0783. The lowest BCUT2D eigenvalue weighted by atomic mass is 9.58. The maximum absolute atomic E-state index is 5.62. The van der Waals surface area contributed by atoms with Gasteiger partial charge in [-0.15, -0.1) is 0 Å². The van der Waals surface area contributed by atoms with Crippen LogP contribution in [0.1, 0.15) is 41.6 Å². The molecule has 3 nitrogen and oxygen atoms in total. The third-order valence-electron chi connectivity index (χ3n) is 8.17. The molecule has 2 heterocycles. The number of nitrogens with one attached hydrogen (secondary N) is 1. The fraction of sp³-hybridized carbons (Fsp3) is 0.481. The number of H-pyrrole nitrogens is 1. The van der Waals surface area contributed by atoms with Crippen LogP contribution in [0.2, 0.25) is 0 Å². The summed E-state index contributed by atoms with van der Waals surface area (Å²) >= 11 is 0. The van der Waals surface area contributed by atoms with Gasteiger partial charge in [0.15, 0.2) is 0 Å². The summed E-state index contributed by atoms with van der Waals surface area (Å²) in [5.74, 6) is 2.60. The number of methoxy groups -OCH3 is 1. The van der Waals surface area contributed by atoms with E-state index in [4.69, 9.17) is 4.74 Å². The Bertz CT molecular complexity index is 1100. The van der Waals surface area contributed by atoms with Crippen molar-refractivity contribution in [2.45, 2.75) is 44.4 Å². The van der Waals surface area contributed by atoms with Crippen molar-refractivity contribution in [2.24, 2.45) is 11.8 Å². The molecule has 1 saturated heterocycles. The second kappa shape index (κ2) is 6.88. The van der Waals surface area contributed by atoms with Gasteiger partial charge in [-0.2, -0.15) is 0 Å². The number of aromatic nitrogens is 1. The molecule has 2 unspecified atom stereocenters. The summed E-state index contributed by atoms with van der Waals surface area (Å²) in [6, 6.07) is 15.7. The summed E-state index contributed by atoms with van der Waals surface area (Å²) in [6.07, 6.45) is 6.41. The predicted molar refractivity (Wildman–Crippen MR) is 122 cm³/mol. The van der Waals surface area contributed by atoms with Crippen LogP contribution >= 0.6 is 0 Å². The number of fused-ring (bicyclic) bond motifs is 4. The highest BCUT2D eigenvalue weighted by Gasteiger charge is 2.48. The van der Waals surface area contributed by atoms with Crippen molar-refractivity contribution in [1.82, 2.24) is 9.88 Å². The molecule has 3 aliphatic rings. The second-order valence-corrected chi connectivity index (χ2v) is 10.00. The summed E-state index contributed by atoms with van der Waals surface area (Å²) in [5.41, 5.74) is 7.42. The number of aryl methyl sites for hydroxylation is 1. The smallest absolute Gasteiger partial charge is 0.119 e. The lowest BCUT2D eigenvalue weighted by Gasteiger charge is -2.51. The van der Waals surface area contributed by atoms with Crippen molar-refractivity contribution in [3.05, 3.63) is 64.8 Å². The number of likely N-dealkylation sites (tertiary alicyclic amines) is 1. The Kier molecular flexibility index (Phi) is 4.24. The van der Waals surface area contributed by atoms with Crippen molar-refractivity contribution in [2.75, 3.05) is 26.7 Å². The summed E-state index contributed by atoms with van der Waals surface area (Å²) in [6.45, 7) is 5.99. The van der Waals surface area contributed by atoms with Gasteiger partial charge in [0, 0.05) is 35.1 Å². The molecule has 3 heteroatoms. The minimum Gasteiger partial charge on any atom is -0.497 e. The number of rotatable bonds is 4. The first-order valence-electron chi connectivity index (χ1n) is 11.6. The number of hydrogen-bond acceptors (Lipinski definition) is 2. The van der Waals surface area contributed by atoms with Gasteiger partial charge >= 0.3 is 0 Å². The number of para-hydroxylation sites is 1. The predicted octanol–water partition coefficient (Wildman–Crippen LogP) is 5.25. The van der Waals surface area contributed by atoms with E-state index in [0.29, 0.717) is 5.92 Å². The van der Waals surface area contributed by atoms with Crippen molar-refractivity contribution in [1.29, 1.82) is 0 Å². The third kappa shape index (κ3) is 2.90. The van der Waals surface area contributed by atoms with E-state index in [1.54, 1.807) is 12.7 Å². The van der Waals surface area contributed by atoms with Gasteiger partial charge in [0.25, 0.3) is 0 Å². The second-order valence-electron chi connectivity index (χ2n) is 10.00. The van der Waals surface area contributed by atoms with Crippen LogP contribution < -0.4 is 4.74 Å². The van der Waals surface area contributed by atoms with Crippen LogP contribution in [0.15, 0.2) is 42.5 Å². The highest BCUT2D eigenvalue weighted by atomic mass is 16.5. The summed E-state index contributed by atoms with van der Waals surface area (Å²) in [7, 11) is 1.78. The monoisotopic (exact) mass is 400 g/mol. The van der Waals surface area contributed by atoms with Gasteiger partial charge in [0.2, 0.25) is 0 Å². The van der Waals surface area contributed by atoms with Crippen LogP contribution in [0.4, 0.5) is 0 Å². The number of hydrogen-bond donors (Lipinski definition) is 1. The average molecular weight is 401 g/mol. The molecular weight excluding hydrogens is 368 g/mol. The Labute approximate surface area is 179 Å². The largest absolute Gasteiger partial charge is 0.497 e. The Balaban J connectivity index is 1.45. The number of piperidine rings is 1. The van der Waals surface area contributed by atoms with Crippen LogP contribution in [0.25, 0.3) is 10.9 Å². The zero-order valence-corrected chi connectivity index (χ0v) is 18.2. The first-order chi connectivity index (χ1) is 14.7. The number of ether oxygens (including phenoxy) is 1. The van der Waals surface area contributed by atoms with Crippen LogP contribution in [0, 0.1) is 18.8 Å². The maximum atomic E-state index is 5.62. The van der Waals surface area contributed by atoms with E-state index in [0.717, 1.165) is 18.1 Å². The van der Waals surface area contributed by atoms with E-state index in [1.807, 2.05) is 0 Å². The molecule has 1 aliphatic heterocycles. The van der Waals surface area contributed by atoms with E-state index in [2.05, 4.69) is 59.3 Å². The molecule has 2 atom stereocenters. The Morgan fingerprint density at radius 2 is 2.03 bits per heavy atom. The number of benzene rings is 2. The summed E-state index contributed by atoms with van der Waals surface area (Å²) in [5, 5.41) is 1.45. The zero-order valence-electron chi connectivity index (χ0n) is 18.2. The molecule has 0 spiro atoms. The van der Waals surface area contributed by atoms with Gasteiger partial charge < -0.3 is 14.6 Å². The van der Waals surface area contributed by atoms with Gasteiger partial charge in [-0.1, -0.05) is 30.3 Å². The quantitative estimate of drug-likeness (QED) is 0.648. The molecule has 0 bridgehead atoms. The van der Waals surface area contributed by atoms with Gasteiger partial charge in [-0.25, -0.2) is 0 Å². The van der Waals surface area contributed by atoms with Crippen molar-refractivity contribution < 1.29 is 4.74 Å². The van der Waals surface area contributed by atoms with Crippen LogP contribution in [0.3, 0.4) is 0 Å². The highest BCUT2D eigenvalue weighted by molar-refractivity contribution is 5.87. The molecule has 2 fully saturated rings. The Morgan fingerprint density at radius 3 is 2.87 bits per heavy atom. The minimum absolute atomic E-state index is 0.205. The molecule has 0 radical (unpaired) electrons. The molecule has 1 saturated carbocycles. The molecule has 2 aromatic carbocycles. The van der Waals surface area contributed by atoms with Crippen LogP contribution in [-0.2, 0) is 18.3 Å². The van der Waals surface area contributed by atoms with E-state index >= 15 is 0 Å². The summed E-state index contributed by atoms with van der Waals surface area (Å²) in [4.78, 5) is 6.62. The van der Waals surface area contributed by atoms with Crippen molar-refractivity contribution in [3.8, 4) is 5.75 Å². The zero-order chi connectivity index (χ0) is 20.3. The van der Waals surface area contributed by atoms with E-state index in [9.17, 15) is 0 Å². The molecule has 6 rings (SSSR count). The minimum atomic E-state index is 0.205. The molecule has 30 heavy (non-hydrogen) atoms. The first kappa shape index (κ1) is 18.5. The van der Waals surface area contributed by atoms with Gasteiger partial charge in [-0.3, -0.25) is 0 Å². The van der Waals surface area contributed by atoms with Crippen molar-refractivity contribution in [3.63, 3.8) is 0 Å². The maximum Gasteiger partial charge on any atom is 0.119 e. The SMILES string of the molecule is COc1cccc(C23CCN(CC4CC4)CC2Cc2c([nH]c4c(C)cccc24)C3)c1. The lowest BCUT2D eigenvalue weighted by Crippen LogP contribution is -2.54. The standard InChI is InChI=1S/C27H32N2O/c1-18-5-3-8-23-24-14-21-17-29(16-19-9-10-19)12-11-27(21,15-25(24)28-26(18)23)20-6-4-7-22(13-20)30-2/h3-8,13,19,21,28H,9-12,14-17H2,1-2H3. The topological polar surface area (TPSA) is 28.3 Å². The van der Waals surface area contributed by atoms with Gasteiger partial charge in [-0.05, 0) is 86.2 Å². The van der Waals surface area contributed by atoms with Crippen LogP contribution in [0.5, 0.6) is 5.75 Å². The number of nitrogens with zero attached hydrogens (tertiary/aromatic N) is 1. The fourth-order valence-corrected chi connectivity index (χ4v) is 6.30. The molecule has 1 aromatic heterocycles. The molecule has 2 aliphatic carbocycles. The number of aromatic amines is 1. The Hall–Kier alpha value is -2.26. The molecule has 1 N–H and O–H groups in total. The average Bonchev–Trinajstić information content (AvgIpc) is 3.51. The molecular formula is C27H32N2O. The van der Waals surface area contributed by atoms with E-state index in [1.165, 1.54) is 73.0 Å². The van der Waals surface area contributed by atoms with E-state index < -0.39 is 0 Å². The van der Waals surface area contributed by atoms with Crippen LogP contribution in [-0.4, -0.2) is 36.6 Å². The third-order valence-corrected chi connectivity index (χ3v) is 8.17. The highest BCUT2D eigenvalue weighted by Crippen LogP contribution is 2.50. The Morgan fingerprint density at radius 1 is 1.17 bits per heavy atom.